The van der Waals surface area contributed by atoms with E-state index in [9.17, 15) is 17.6 Å². The number of aromatic amines is 1. The van der Waals surface area contributed by atoms with E-state index in [0.717, 1.165) is 4.68 Å². The fourth-order valence-corrected chi connectivity index (χ4v) is 2.74. The van der Waals surface area contributed by atoms with E-state index in [1.807, 2.05) is 5.10 Å². The summed E-state index contributed by atoms with van der Waals surface area (Å²) in [6, 6.07) is 9.27. The third-order valence-corrected chi connectivity index (χ3v) is 4.03. The molecule has 0 saturated carbocycles. The number of benzene rings is 1. The van der Waals surface area contributed by atoms with Gasteiger partial charge < -0.3 is 0 Å². The van der Waals surface area contributed by atoms with Crippen molar-refractivity contribution in [1.29, 1.82) is 0 Å². The lowest BCUT2D eigenvalue weighted by Crippen LogP contribution is -2.08. The van der Waals surface area contributed by atoms with E-state index in [1.165, 1.54) is 12.1 Å². The first-order valence-electron chi connectivity index (χ1n) is 7.60. The van der Waals surface area contributed by atoms with Crippen LogP contribution in [0.3, 0.4) is 0 Å². The van der Waals surface area contributed by atoms with E-state index >= 15 is 0 Å². The van der Waals surface area contributed by atoms with E-state index in [1.54, 1.807) is 24.3 Å². The van der Waals surface area contributed by atoms with Gasteiger partial charge in [0.15, 0.2) is 5.65 Å². The Hall–Kier alpha value is -3.01. The minimum absolute atomic E-state index is 0.107. The molecule has 138 valence electrons. The van der Waals surface area contributed by atoms with Crippen LogP contribution in [-0.2, 0) is 12.6 Å². The Morgan fingerprint density at radius 3 is 2.56 bits per heavy atom. The van der Waals surface area contributed by atoms with Crippen molar-refractivity contribution in [2.45, 2.75) is 12.6 Å². The van der Waals surface area contributed by atoms with Crippen LogP contribution in [0.2, 0.25) is 5.15 Å². The smallest absolute Gasteiger partial charge is 0.253 e. The molecular weight excluding hydrogens is 388 g/mol. The van der Waals surface area contributed by atoms with Gasteiger partial charge in [-0.25, -0.2) is 9.37 Å². The van der Waals surface area contributed by atoms with Crippen molar-refractivity contribution in [2.75, 3.05) is 0 Å². The second kappa shape index (κ2) is 6.31. The molecule has 11 heteroatoms. The minimum atomic E-state index is -4.69. The number of fused-ring (bicyclic) bond motifs is 1. The predicted molar refractivity (Wildman–Crippen MR) is 88.0 cm³/mol. The van der Waals surface area contributed by atoms with Crippen molar-refractivity contribution >= 4 is 22.6 Å². The van der Waals surface area contributed by atoms with Crippen LogP contribution in [0.15, 0.2) is 36.4 Å². The highest BCUT2D eigenvalue weighted by molar-refractivity contribution is 6.29. The Bertz CT molecular complexity index is 1130. The van der Waals surface area contributed by atoms with Crippen LogP contribution < -0.4 is 0 Å². The number of aromatic nitrogens is 6. The largest absolute Gasteiger partial charge is 0.451 e. The Morgan fingerprint density at radius 2 is 1.85 bits per heavy atom. The zero-order valence-electron chi connectivity index (χ0n) is 13.3. The summed E-state index contributed by atoms with van der Waals surface area (Å²) in [6.07, 6.45) is -4.58. The van der Waals surface area contributed by atoms with Crippen LogP contribution in [0.5, 0.6) is 0 Å². The van der Waals surface area contributed by atoms with Crippen molar-refractivity contribution in [3.63, 3.8) is 0 Å². The van der Waals surface area contributed by atoms with Gasteiger partial charge in [-0.3, -0.25) is 5.10 Å². The molecule has 4 rings (SSSR count). The van der Waals surface area contributed by atoms with Gasteiger partial charge in [0.1, 0.15) is 11.0 Å². The summed E-state index contributed by atoms with van der Waals surface area (Å²) in [5.74, 6) is -2.03. The molecule has 0 aliphatic carbocycles. The number of rotatable bonds is 3. The Balaban J connectivity index is 1.85. The Labute approximate surface area is 153 Å². The molecule has 4 aromatic rings. The van der Waals surface area contributed by atoms with Crippen LogP contribution >= 0.6 is 11.6 Å². The van der Waals surface area contributed by atoms with E-state index in [0.29, 0.717) is 16.6 Å². The van der Waals surface area contributed by atoms with Crippen molar-refractivity contribution in [1.82, 2.24) is 29.9 Å². The van der Waals surface area contributed by atoms with Crippen LogP contribution in [0.25, 0.3) is 17.0 Å². The molecule has 0 aliphatic rings. The van der Waals surface area contributed by atoms with Crippen LogP contribution in [0.1, 0.15) is 17.1 Å². The van der Waals surface area contributed by atoms with Crippen LogP contribution in [0.4, 0.5) is 17.6 Å². The van der Waals surface area contributed by atoms with Gasteiger partial charge in [-0.1, -0.05) is 29.8 Å². The van der Waals surface area contributed by atoms with Gasteiger partial charge in [0.2, 0.25) is 5.82 Å². The van der Waals surface area contributed by atoms with E-state index in [-0.39, 0.29) is 23.2 Å². The highest BCUT2D eigenvalue weighted by Crippen LogP contribution is 2.28. The quantitative estimate of drug-likeness (QED) is 0.420. The molecule has 0 fully saturated rings. The molecule has 0 aliphatic heterocycles. The highest BCUT2D eigenvalue weighted by atomic mass is 35.5. The number of halogens is 5. The van der Waals surface area contributed by atoms with Gasteiger partial charge in [0, 0.05) is 11.8 Å². The normalized spacial score (nSPS) is 12.0. The number of hydrogen-bond donors (Lipinski definition) is 1. The summed E-state index contributed by atoms with van der Waals surface area (Å²) < 4.78 is 53.4. The van der Waals surface area contributed by atoms with Gasteiger partial charge in [0.25, 0.3) is 5.95 Å². The molecule has 3 heterocycles. The minimum Gasteiger partial charge on any atom is -0.253 e. The van der Waals surface area contributed by atoms with Crippen molar-refractivity contribution < 1.29 is 17.6 Å². The lowest BCUT2D eigenvalue weighted by Gasteiger charge is -2.00. The highest BCUT2D eigenvalue weighted by Gasteiger charge is 2.35. The van der Waals surface area contributed by atoms with Crippen molar-refractivity contribution in [3.05, 3.63) is 64.5 Å². The Kier molecular flexibility index (Phi) is 4.06. The number of H-pyrrole nitrogens is 1. The molecule has 0 radical (unpaired) electrons. The number of nitrogens with zero attached hydrogens (tertiary/aromatic N) is 5. The first kappa shape index (κ1) is 17.4. The fraction of sp³-hybridized carbons (Fsp3) is 0.125. The van der Waals surface area contributed by atoms with Gasteiger partial charge >= 0.3 is 6.18 Å². The third kappa shape index (κ3) is 3.23. The summed E-state index contributed by atoms with van der Waals surface area (Å²) in [4.78, 5) is 7.53. The van der Waals surface area contributed by atoms with E-state index in [2.05, 4.69) is 20.2 Å². The summed E-state index contributed by atoms with van der Waals surface area (Å²) in [5.41, 5.74) is 0.948. The lowest BCUT2D eigenvalue weighted by molar-refractivity contribution is -0.144. The maximum Gasteiger partial charge on any atom is 0.451 e. The van der Waals surface area contributed by atoms with Crippen molar-refractivity contribution in [3.8, 4) is 5.95 Å². The van der Waals surface area contributed by atoms with Crippen molar-refractivity contribution in [2.24, 2.45) is 0 Å². The Morgan fingerprint density at radius 1 is 1.07 bits per heavy atom. The average Bonchev–Trinajstić information content (AvgIpc) is 3.22. The molecule has 0 bridgehead atoms. The average molecular weight is 397 g/mol. The number of alkyl halides is 3. The molecule has 0 atom stereocenters. The number of nitrogens with one attached hydrogen (secondary N) is 1. The SMILES string of the molecule is Fc1ccccc1Cc1nn(-c2n[nH]c(C(F)(F)F)n2)c2nc(Cl)ccc12. The maximum atomic E-state index is 14.0. The van der Waals surface area contributed by atoms with Crippen LogP contribution in [0, 0.1) is 5.82 Å². The topological polar surface area (TPSA) is 72.3 Å². The standard InChI is InChI=1S/C16H9ClF4N6/c17-12-6-5-9-11(7-8-3-1-2-4-10(8)18)26-27(13(9)22-12)15-23-14(24-25-15)16(19,20)21/h1-6H,7H2,(H,23,24,25). The second-order valence-electron chi connectivity index (χ2n) is 5.61. The van der Waals surface area contributed by atoms with Gasteiger partial charge in [0.05, 0.1) is 5.69 Å². The summed E-state index contributed by atoms with van der Waals surface area (Å²) >= 11 is 5.91. The number of hydrogen-bond acceptors (Lipinski definition) is 4. The second-order valence-corrected chi connectivity index (χ2v) is 6.00. The summed E-state index contributed by atoms with van der Waals surface area (Å²) in [5, 5.41) is 10.2. The maximum absolute atomic E-state index is 14.0. The molecule has 1 aromatic carbocycles. The molecular formula is C16H9ClF4N6. The molecule has 6 nitrogen and oxygen atoms in total. The monoisotopic (exact) mass is 396 g/mol. The summed E-state index contributed by atoms with van der Waals surface area (Å²) in [6.45, 7) is 0. The summed E-state index contributed by atoms with van der Waals surface area (Å²) in [7, 11) is 0. The first-order chi connectivity index (χ1) is 12.8. The molecule has 3 aromatic heterocycles. The molecule has 0 saturated heterocycles. The molecule has 0 unspecified atom stereocenters. The third-order valence-electron chi connectivity index (χ3n) is 3.82. The lowest BCUT2D eigenvalue weighted by atomic mass is 10.1. The van der Waals surface area contributed by atoms with Crippen LogP contribution in [-0.4, -0.2) is 29.9 Å². The van der Waals surface area contributed by atoms with E-state index in [4.69, 9.17) is 11.6 Å². The molecule has 1 N–H and O–H groups in total. The fourth-order valence-electron chi connectivity index (χ4n) is 2.60. The zero-order valence-corrected chi connectivity index (χ0v) is 14.1. The molecule has 27 heavy (non-hydrogen) atoms. The number of pyridine rings is 1. The van der Waals surface area contributed by atoms with Gasteiger partial charge in [-0.2, -0.15) is 27.9 Å². The first-order valence-corrected chi connectivity index (χ1v) is 7.98. The van der Waals surface area contributed by atoms with Gasteiger partial charge in [-0.15, -0.1) is 5.10 Å². The molecule has 0 amide bonds. The van der Waals surface area contributed by atoms with E-state index < -0.39 is 17.8 Å². The van der Waals surface area contributed by atoms with Gasteiger partial charge in [-0.05, 0) is 23.8 Å². The molecule has 0 spiro atoms. The zero-order chi connectivity index (χ0) is 19.2. The predicted octanol–water partition coefficient (Wildman–Crippen LogP) is 3.94.